The Hall–Kier alpha value is -3.53. The normalized spacial score (nSPS) is 12.5. The van der Waals surface area contributed by atoms with Gasteiger partial charge in [0.05, 0.1) is 17.2 Å². The third-order valence-electron chi connectivity index (χ3n) is 5.39. The number of aromatic carboxylic acids is 1. The van der Waals surface area contributed by atoms with Crippen LogP contribution in [0, 0.1) is 5.82 Å². The highest BCUT2D eigenvalue weighted by Crippen LogP contribution is 2.40. The van der Waals surface area contributed by atoms with Gasteiger partial charge in [0.25, 0.3) is 0 Å². The van der Waals surface area contributed by atoms with Gasteiger partial charge >= 0.3 is 0 Å². The fourth-order valence-electron chi connectivity index (χ4n) is 4.19. The molecule has 0 saturated carbocycles. The summed E-state index contributed by atoms with van der Waals surface area (Å²) in [5.41, 5.74) is 6.10. The lowest BCUT2D eigenvalue weighted by Gasteiger charge is -2.25. The van der Waals surface area contributed by atoms with Gasteiger partial charge in [0.15, 0.2) is 0 Å². The summed E-state index contributed by atoms with van der Waals surface area (Å²) in [6, 6.07) is 20.2. The molecule has 1 heterocycles. The number of benzene rings is 3. The molecule has 3 nitrogen and oxygen atoms in total. The van der Waals surface area contributed by atoms with E-state index in [9.17, 15) is 14.3 Å². The highest BCUT2D eigenvalue weighted by molar-refractivity contribution is 6.05. The van der Waals surface area contributed by atoms with E-state index in [4.69, 9.17) is 4.98 Å². The van der Waals surface area contributed by atoms with Crippen molar-refractivity contribution in [3.05, 3.63) is 89.2 Å². The van der Waals surface area contributed by atoms with Gasteiger partial charge in [-0.05, 0) is 53.3 Å². The molecular formula is C24H15FNO2-. The van der Waals surface area contributed by atoms with Gasteiger partial charge < -0.3 is 9.90 Å². The third-order valence-corrected chi connectivity index (χ3v) is 5.39. The van der Waals surface area contributed by atoms with E-state index in [1.165, 1.54) is 18.2 Å². The predicted octanol–water partition coefficient (Wildman–Crippen LogP) is 4.17. The van der Waals surface area contributed by atoms with E-state index < -0.39 is 11.8 Å². The van der Waals surface area contributed by atoms with Crippen LogP contribution in [-0.4, -0.2) is 11.0 Å². The number of halogens is 1. The molecule has 0 aliphatic heterocycles. The summed E-state index contributed by atoms with van der Waals surface area (Å²) in [6.45, 7) is 0. The molecular weight excluding hydrogens is 353 g/mol. The number of nitrogens with zero attached hydrogens (tertiary/aromatic N) is 1. The zero-order chi connectivity index (χ0) is 19.3. The zero-order valence-electron chi connectivity index (χ0n) is 14.9. The highest BCUT2D eigenvalue weighted by atomic mass is 19.1. The molecule has 1 aliphatic rings. The molecule has 3 aromatic carbocycles. The molecule has 0 radical (unpaired) electrons. The second kappa shape index (κ2) is 6.27. The van der Waals surface area contributed by atoms with Crippen LogP contribution in [0.15, 0.2) is 66.7 Å². The molecule has 5 rings (SSSR count). The standard InChI is InChI=1S/C24H16FNO2/c25-15-9-12-21-20(13-15)22(24(27)28)19-11-10-17-16(14-5-2-1-3-6-14)7-4-8-18(17)23(19)26-21/h1-9,12-13H,10-11H2,(H,27,28)/p-1. The minimum absolute atomic E-state index is 0.0512. The molecule has 4 heteroatoms. The molecule has 0 N–H and O–H groups in total. The molecule has 0 fully saturated rings. The number of hydrogen-bond donors (Lipinski definition) is 0. The minimum atomic E-state index is -1.29. The number of hydrogen-bond acceptors (Lipinski definition) is 3. The van der Waals surface area contributed by atoms with Crippen LogP contribution in [0.3, 0.4) is 0 Å². The van der Waals surface area contributed by atoms with Gasteiger partial charge in [-0.2, -0.15) is 0 Å². The zero-order valence-corrected chi connectivity index (χ0v) is 14.9. The molecule has 0 unspecified atom stereocenters. The van der Waals surface area contributed by atoms with Gasteiger partial charge in [0, 0.05) is 16.5 Å². The van der Waals surface area contributed by atoms with Crippen LogP contribution in [0.1, 0.15) is 21.5 Å². The van der Waals surface area contributed by atoms with E-state index in [-0.39, 0.29) is 5.56 Å². The van der Waals surface area contributed by atoms with Crippen molar-refractivity contribution in [1.29, 1.82) is 0 Å². The molecule has 1 aromatic heterocycles. The number of carboxylic acids is 1. The van der Waals surface area contributed by atoms with Gasteiger partial charge in [-0.15, -0.1) is 0 Å². The van der Waals surface area contributed by atoms with Crippen molar-refractivity contribution in [3.63, 3.8) is 0 Å². The Kier molecular flexibility index (Phi) is 3.72. The lowest BCUT2D eigenvalue weighted by molar-refractivity contribution is -0.254. The van der Waals surface area contributed by atoms with Crippen LogP contribution >= 0.6 is 0 Å². The predicted molar refractivity (Wildman–Crippen MR) is 104 cm³/mol. The van der Waals surface area contributed by atoms with Crippen LogP contribution in [0.2, 0.25) is 0 Å². The first-order valence-corrected chi connectivity index (χ1v) is 9.14. The second-order valence-electron chi connectivity index (χ2n) is 6.96. The van der Waals surface area contributed by atoms with E-state index in [2.05, 4.69) is 18.2 Å². The number of aromatic nitrogens is 1. The summed E-state index contributed by atoms with van der Waals surface area (Å²) >= 11 is 0. The highest BCUT2D eigenvalue weighted by Gasteiger charge is 2.25. The lowest BCUT2D eigenvalue weighted by Crippen LogP contribution is -2.26. The quantitative estimate of drug-likeness (QED) is 0.534. The molecule has 1 aliphatic carbocycles. The second-order valence-corrected chi connectivity index (χ2v) is 6.96. The fourth-order valence-corrected chi connectivity index (χ4v) is 4.19. The fraction of sp³-hybridized carbons (Fsp3) is 0.0833. The Labute approximate surface area is 161 Å². The average molecular weight is 368 g/mol. The third kappa shape index (κ3) is 2.49. The Morgan fingerprint density at radius 3 is 2.43 bits per heavy atom. The maximum atomic E-state index is 13.8. The van der Waals surface area contributed by atoms with E-state index >= 15 is 0 Å². The maximum Gasteiger partial charge on any atom is 0.123 e. The van der Waals surface area contributed by atoms with Crippen LogP contribution in [-0.2, 0) is 12.8 Å². The number of carbonyl (C=O) groups excluding carboxylic acids is 1. The van der Waals surface area contributed by atoms with Crippen LogP contribution in [0.4, 0.5) is 4.39 Å². The van der Waals surface area contributed by atoms with E-state index in [1.54, 1.807) is 0 Å². The summed E-state index contributed by atoms with van der Waals surface area (Å²) in [5.74, 6) is -1.78. The number of fused-ring (bicyclic) bond motifs is 4. The first kappa shape index (κ1) is 16.6. The van der Waals surface area contributed by atoms with Crippen LogP contribution < -0.4 is 5.11 Å². The first-order valence-electron chi connectivity index (χ1n) is 9.14. The average Bonchev–Trinajstić information content (AvgIpc) is 2.72. The first-order chi connectivity index (χ1) is 13.6. The lowest BCUT2D eigenvalue weighted by atomic mass is 9.82. The van der Waals surface area contributed by atoms with Crippen molar-refractivity contribution in [3.8, 4) is 22.4 Å². The van der Waals surface area contributed by atoms with E-state index in [1.807, 2.05) is 30.3 Å². The summed E-state index contributed by atoms with van der Waals surface area (Å²) in [7, 11) is 0. The van der Waals surface area contributed by atoms with Gasteiger partial charge in [-0.25, -0.2) is 9.37 Å². The Morgan fingerprint density at radius 1 is 0.893 bits per heavy atom. The largest absolute Gasteiger partial charge is 0.545 e. The molecule has 0 spiro atoms. The van der Waals surface area contributed by atoms with Crippen molar-refractivity contribution in [2.45, 2.75) is 12.8 Å². The van der Waals surface area contributed by atoms with Crippen molar-refractivity contribution in [2.24, 2.45) is 0 Å². The number of rotatable bonds is 2. The topological polar surface area (TPSA) is 53.0 Å². The number of carbonyl (C=O) groups is 1. The molecule has 0 atom stereocenters. The summed E-state index contributed by atoms with van der Waals surface area (Å²) in [4.78, 5) is 16.7. The van der Waals surface area contributed by atoms with Crippen LogP contribution in [0.5, 0.6) is 0 Å². The van der Waals surface area contributed by atoms with Crippen LogP contribution in [0.25, 0.3) is 33.3 Å². The van der Waals surface area contributed by atoms with Crippen molar-refractivity contribution >= 4 is 16.9 Å². The molecule has 0 amide bonds. The monoisotopic (exact) mass is 368 g/mol. The van der Waals surface area contributed by atoms with E-state index in [0.29, 0.717) is 35.0 Å². The molecule has 136 valence electrons. The van der Waals surface area contributed by atoms with Gasteiger partial charge in [-0.1, -0.05) is 48.5 Å². The number of pyridine rings is 1. The summed E-state index contributed by atoms with van der Waals surface area (Å²) in [5, 5.41) is 12.2. The smallest absolute Gasteiger partial charge is 0.123 e. The van der Waals surface area contributed by atoms with Gasteiger partial charge in [-0.3, -0.25) is 0 Å². The number of carboxylic acid groups (broad SMARTS) is 1. The Balaban J connectivity index is 1.82. The SMILES string of the molecule is O=C([O-])c1c2c(nc3ccc(F)cc13)-c1cccc(-c3ccccc3)c1CC2. The molecule has 28 heavy (non-hydrogen) atoms. The minimum Gasteiger partial charge on any atom is -0.545 e. The van der Waals surface area contributed by atoms with Gasteiger partial charge in [0.1, 0.15) is 5.82 Å². The Bertz CT molecular complexity index is 1250. The van der Waals surface area contributed by atoms with Crippen molar-refractivity contribution in [1.82, 2.24) is 4.98 Å². The molecule has 0 saturated heterocycles. The molecule has 4 aromatic rings. The summed E-state index contributed by atoms with van der Waals surface area (Å²) in [6.07, 6.45) is 1.21. The van der Waals surface area contributed by atoms with Crippen molar-refractivity contribution in [2.75, 3.05) is 0 Å². The van der Waals surface area contributed by atoms with E-state index in [0.717, 1.165) is 22.3 Å². The van der Waals surface area contributed by atoms with Gasteiger partial charge in [0.2, 0.25) is 0 Å². The summed E-state index contributed by atoms with van der Waals surface area (Å²) < 4.78 is 13.8. The Morgan fingerprint density at radius 2 is 1.64 bits per heavy atom. The molecule has 0 bridgehead atoms. The van der Waals surface area contributed by atoms with Crippen molar-refractivity contribution < 1.29 is 14.3 Å². The maximum absolute atomic E-state index is 13.8.